The van der Waals surface area contributed by atoms with Crippen molar-refractivity contribution < 1.29 is 13.2 Å². The van der Waals surface area contributed by atoms with Gasteiger partial charge < -0.3 is 4.90 Å². The molecule has 0 aliphatic heterocycles. The number of carbonyl (C=O) groups excluding carboxylic acids is 1. The highest BCUT2D eigenvalue weighted by molar-refractivity contribution is 7.92. The van der Waals surface area contributed by atoms with E-state index in [9.17, 15) is 13.2 Å². The second-order valence-corrected chi connectivity index (χ2v) is 6.39. The summed E-state index contributed by atoms with van der Waals surface area (Å²) < 4.78 is 25.7. The maximum atomic E-state index is 12.2. The first-order valence-corrected chi connectivity index (χ1v) is 8.58. The van der Waals surface area contributed by atoms with E-state index in [-0.39, 0.29) is 17.5 Å². The summed E-state index contributed by atoms with van der Waals surface area (Å²) in [6, 6.07) is 6.45. The highest BCUT2D eigenvalue weighted by Crippen LogP contribution is 2.14. The number of benzene rings is 1. The standard InChI is InChI=1S/C13H19ClN2O3S/c1-3-16(4-2)13(17)11-6-5-7-12(10-11)15-20(18,19)9-8-14/h5-7,10,15H,3-4,8-9H2,1-2H3. The number of amides is 1. The molecule has 0 saturated carbocycles. The zero-order valence-corrected chi connectivity index (χ0v) is 13.2. The number of anilines is 1. The molecule has 0 aromatic heterocycles. The summed E-state index contributed by atoms with van der Waals surface area (Å²) in [6.07, 6.45) is 0. The second kappa shape index (κ2) is 7.50. The van der Waals surface area contributed by atoms with Crippen LogP contribution in [0.4, 0.5) is 5.69 Å². The third kappa shape index (κ3) is 4.68. The van der Waals surface area contributed by atoms with Crippen molar-refractivity contribution in [3.63, 3.8) is 0 Å². The molecule has 0 atom stereocenters. The summed E-state index contributed by atoms with van der Waals surface area (Å²) in [7, 11) is -3.47. The molecule has 0 bridgehead atoms. The molecule has 1 N–H and O–H groups in total. The molecular weight excluding hydrogens is 300 g/mol. The molecule has 1 aromatic rings. The Labute approximate surface area is 125 Å². The van der Waals surface area contributed by atoms with E-state index in [0.29, 0.717) is 24.3 Å². The summed E-state index contributed by atoms with van der Waals surface area (Å²) in [4.78, 5) is 13.9. The van der Waals surface area contributed by atoms with Crippen LogP contribution in [0.25, 0.3) is 0 Å². The molecule has 0 aliphatic carbocycles. The highest BCUT2D eigenvalue weighted by Gasteiger charge is 2.14. The van der Waals surface area contributed by atoms with Crippen molar-refractivity contribution in [2.45, 2.75) is 13.8 Å². The third-order valence-electron chi connectivity index (χ3n) is 2.78. The largest absolute Gasteiger partial charge is 0.339 e. The van der Waals surface area contributed by atoms with E-state index in [2.05, 4.69) is 4.72 Å². The number of carbonyl (C=O) groups is 1. The highest BCUT2D eigenvalue weighted by atomic mass is 35.5. The minimum Gasteiger partial charge on any atom is -0.339 e. The Morgan fingerprint density at radius 3 is 2.50 bits per heavy atom. The third-order valence-corrected chi connectivity index (χ3v) is 4.48. The fourth-order valence-electron chi connectivity index (χ4n) is 1.74. The molecule has 112 valence electrons. The Hall–Kier alpha value is -1.27. The minimum atomic E-state index is -3.47. The number of alkyl halides is 1. The summed E-state index contributed by atoms with van der Waals surface area (Å²) in [6.45, 7) is 5.01. The van der Waals surface area contributed by atoms with Crippen LogP contribution in [0.5, 0.6) is 0 Å². The predicted octanol–water partition coefficient (Wildman–Crippen LogP) is 2.15. The minimum absolute atomic E-state index is 0.0212. The molecular formula is C13H19ClN2O3S. The van der Waals surface area contributed by atoms with Crippen LogP contribution in [0.1, 0.15) is 24.2 Å². The summed E-state index contributed by atoms with van der Waals surface area (Å²) in [5.41, 5.74) is 0.827. The first-order chi connectivity index (χ1) is 9.43. The molecule has 0 heterocycles. The maximum absolute atomic E-state index is 12.2. The van der Waals surface area contributed by atoms with Crippen LogP contribution >= 0.6 is 11.6 Å². The first-order valence-electron chi connectivity index (χ1n) is 6.39. The van der Waals surface area contributed by atoms with Gasteiger partial charge in [0.25, 0.3) is 5.91 Å². The monoisotopic (exact) mass is 318 g/mol. The van der Waals surface area contributed by atoms with E-state index < -0.39 is 10.0 Å². The van der Waals surface area contributed by atoms with E-state index >= 15 is 0 Å². The van der Waals surface area contributed by atoms with Gasteiger partial charge >= 0.3 is 0 Å². The van der Waals surface area contributed by atoms with Crippen molar-refractivity contribution in [2.24, 2.45) is 0 Å². The fourth-order valence-corrected chi connectivity index (χ4v) is 3.14. The maximum Gasteiger partial charge on any atom is 0.253 e. The van der Waals surface area contributed by atoms with Crippen LogP contribution < -0.4 is 4.72 Å². The Morgan fingerprint density at radius 1 is 1.30 bits per heavy atom. The average Bonchev–Trinajstić information content (AvgIpc) is 2.39. The SMILES string of the molecule is CCN(CC)C(=O)c1cccc(NS(=O)(=O)CCCl)c1. The lowest BCUT2D eigenvalue weighted by molar-refractivity contribution is 0.0773. The lowest BCUT2D eigenvalue weighted by atomic mass is 10.2. The Balaban J connectivity index is 2.94. The fraction of sp³-hybridized carbons (Fsp3) is 0.462. The van der Waals surface area contributed by atoms with E-state index in [1.165, 1.54) is 6.07 Å². The number of hydrogen-bond acceptors (Lipinski definition) is 3. The molecule has 0 fully saturated rings. The van der Waals surface area contributed by atoms with Crippen molar-refractivity contribution >= 4 is 33.2 Å². The molecule has 0 saturated heterocycles. The number of halogens is 1. The van der Waals surface area contributed by atoms with Crippen LogP contribution in [0.2, 0.25) is 0 Å². The average molecular weight is 319 g/mol. The van der Waals surface area contributed by atoms with Gasteiger partial charge in [-0.1, -0.05) is 6.07 Å². The molecule has 0 unspecified atom stereocenters. The molecule has 1 rings (SSSR count). The predicted molar refractivity (Wildman–Crippen MR) is 81.8 cm³/mol. The molecule has 1 amide bonds. The Bertz CT molecular complexity index is 556. The van der Waals surface area contributed by atoms with Gasteiger partial charge in [-0.05, 0) is 32.0 Å². The first kappa shape index (κ1) is 16.8. The quantitative estimate of drug-likeness (QED) is 0.783. The van der Waals surface area contributed by atoms with Crippen molar-refractivity contribution in [2.75, 3.05) is 29.4 Å². The molecule has 20 heavy (non-hydrogen) atoms. The van der Waals surface area contributed by atoms with Crippen molar-refractivity contribution in [3.8, 4) is 0 Å². The van der Waals surface area contributed by atoms with Gasteiger partial charge in [-0.3, -0.25) is 9.52 Å². The van der Waals surface area contributed by atoms with Crippen molar-refractivity contribution in [1.82, 2.24) is 4.90 Å². The second-order valence-electron chi connectivity index (χ2n) is 4.17. The smallest absolute Gasteiger partial charge is 0.253 e. The molecule has 0 spiro atoms. The van der Waals surface area contributed by atoms with Crippen LogP contribution in [0.15, 0.2) is 24.3 Å². The lowest BCUT2D eigenvalue weighted by Gasteiger charge is -2.19. The van der Waals surface area contributed by atoms with Gasteiger partial charge in [0.2, 0.25) is 10.0 Å². The van der Waals surface area contributed by atoms with Crippen LogP contribution in [-0.2, 0) is 10.0 Å². The topological polar surface area (TPSA) is 66.5 Å². The van der Waals surface area contributed by atoms with Gasteiger partial charge in [0, 0.05) is 30.2 Å². The van der Waals surface area contributed by atoms with E-state index in [0.717, 1.165) is 0 Å². The normalized spacial score (nSPS) is 11.2. The van der Waals surface area contributed by atoms with Crippen LogP contribution in [-0.4, -0.2) is 43.9 Å². The summed E-state index contributed by atoms with van der Waals surface area (Å²) in [5, 5.41) is 0. The molecule has 7 heteroatoms. The molecule has 1 aromatic carbocycles. The Kier molecular flexibility index (Phi) is 6.29. The van der Waals surface area contributed by atoms with E-state index in [4.69, 9.17) is 11.6 Å². The van der Waals surface area contributed by atoms with Gasteiger partial charge in [0.15, 0.2) is 0 Å². The number of sulfonamides is 1. The van der Waals surface area contributed by atoms with Crippen LogP contribution in [0, 0.1) is 0 Å². The van der Waals surface area contributed by atoms with Gasteiger partial charge in [0.05, 0.1) is 5.75 Å². The van der Waals surface area contributed by atoms with Crippen molar-refractivity contribution in [1.29, 1.82) is 0 Å². The Morgan fingerprint density at radius 2 is 1.95 bits per heavy atom. The number of nitrogens with zero attached hydrogens (tertiary/aromatic N) is 1. The summed E-state index contributed by atoms with van der Waals surface area (Å²) in [5.74, 6) is -0.260. The molecule has 0 radical (unpaired) electrons. The number of hydrogen-bond donors (Lipinski definition) is 1. The van der Waals surface area contributed by atoms with Crippen LogP contribution in [0.3, 0.4) is 0 Å². The van der Waals surface area contributed by atoms with Gasteiger partial charge in [-0.25, -0.2) is 8.42 Å². The van der Waals surface area contributed by atoms with E-state index in [1.807, 2.05) is 13.8 Å². The van der Waals surface area contributed by atoms with E-state index in [1.54, 1.807) is 23.1 Å². The molecule has 0 aliphatic rings. The summed E-state index contributed by atoms with van der Waals surface area (Å²) >= 11 is 5.43. The number of rotatable bonds is 7. The van der Waals surface area contributed by atoms with Gasteiger partial charge in [-0.15, -0.1) is 11.6 Å². The number of nitrogens with one attached hydrogen (secondary N) is 1. The van der Waals surface area contributed by atoms with Crippen molar-refractivity contribution in [3.05, 3.63) is 29.8 Å². The molecule has 5 nitrogen and oxygen atoms in total. The zero-order valence-electron chi connectivity index (χ0n) is 11.6. The van der Waals surface area contributed by atoms with Gasteiger partial charge in [-0.2, -0.15) is 0 Å². The lowest BCUT2D eigenvalue weighted by Crippen LogP contribution is -2.30. The van der Waals surface area contributed by atoms with Gasteiger partial charge in [0.1, 0.15) is 0 Å². The zero-order chi connectivity index (χ0) is 15.2.